The molecule has 1 heterocycles. The topological polar surface area (TPSA) is 69.0 Å². The van der Waals surface area contributed by atoms with Crippen LogP contribution in [0, 0.1) is 5.92 Å². The number of anilines is 1. The van der Waals surface area contributed by atoms with Crippen molar-refractivity contribution in [1.82, 2.24) is 14.8 Å². The van der Waals surface area contributed by atoms with Crippen LogP contribution in [0.1, 0.15) is 63.6 Å². The second kappa shape index (κ2) is 11.8. The molecule has 0 aliphatic rings. The predicted molar refractivity (Wildman–Crippen MR) is 135 cm³/mol. The molecule has 0 aliphatic carbocycles. The van der Waals surface area contributed by atoms with Gasteiger partial charge in [-0.15, -0.1) is 10.2 Å². The number of amides is 1. The molecule has 1 unspecified atom stereocenters. The van der Waals surface area contributed by atoms with Crippen molar-refractivity contribution in [3.05, 3.63) is 65.5 Å². The van der Waals surface area contributed by atoms with Crippen LogP contribution in [0.15, 0.2) is 53.7 Å². The molecule has 0 saturated carbocycles. The molecule has 3 rings (SSSR count). The number of carbonyl (C=O) groups excluding carboxylic acids is 1. The molecule has 0 spiro atoms. The summed E-state index contributed by atoms with van der Waals surface area (Å²) in [5, 5.41) is 11.6. The summed E-state index contributed by atoms with van der Waals surface area (Å²) >= 11 is 1.18. The largest absolute Gasteiger partial charge is 0.483 e. The van der Waals surface area contributed by atoms with Crippen molar-refractivity contribution in [3.8, 4) is 5.75 Å². The maximum absolute atomic E-state index is 12.9. The molecular formula is C26H31F3N4O2S. The maximum atomic E-state index is 12.9. The smallest absolute Gasteiger partial charge is 0.416 e. The van der Waals surface area contributed by atoms with Gasteiger partial charge in [-0.3, -0.25) is 4.79 Å². The van der Waals surface area contributed by atoms with Crippen LogP contribution in [0.25, 0.3) is 0 Å². The Morgan fingerprint density at radius 2 is 1.75 bits per heavy atom. The van der Waals surface area contributed by atoms with Gasteiger partial charge in [-0.05, 0) is 54.7 Å². The van der Waals surface area contributed by atoms with Crippen molar-refractivity contribution < 1.29 is 22.7 Å². The number of aromatic nitrogens is 3. The fraction of sp³-hybridized carbons (Fsp3) is 0.423. The Kier molecular flexibility index (Phi) is 9.05. The van der Waals surface area contributed by atoms with Crippen molar-refractivity contribution in [2.45, 2.75) is 64.5 Å². The molecule has 10 heteroatoms. The van der Waals surface area contributed by atoms with Gasteiger partial charge in [0.2, 0.25) is 5.91 Å². The number of nitrogens with zero attached hydrogens (tertiary/aromatic N) is 3. The molecular weight excluding hydrogens is 489 g/mol. The number of rotatable bonds is 10. The number of halogens is 3. The Morgan fingerprint density at radius 3 is 2.36 bits per heavy atom. The zero-order valence-corrected chi connectivity index (χ0v) is 21.8. The molecule has 0 bridgehead atoms. The lowest BCUT2D eigenvalue weighted by Gasteiger charge is -2.18. The molecule has 1 atom stereocenters. The summed E-state index contributed by atoms with van der Waals surface area (Å²) in [6, 6.07) is 12.5. The van der Waals surface area contributed by atoms with Gasteiger partial charge in [0.1, 0.15) is 5.75 Å². The SMILES string of the molecule is CC(C)Cn1c(SCC(=O)Nc2cccc(C(F)(F)F)c2)nnc1C(C)Oc1ccc(C(C)C)cc1. The number of carbonyl (C=O) groups is 1. The van der Waals surface area contributed by atoms with Crippen LogP contribution in [-0.2, 0) is 17.5 Å². The van der Waals surface area contributed by atoms with Gasteiger partial charge in [0.25, 0.3) is 0 Å². The highest BCUT2D eigenvalue weighted by Crippen LogP contribution is 2.31. The summed E-state index contributed by atoms with van der Waals surface area (Å²) in [7, 11) is 0. The molecule has 1 amide bonds. The van der Waals surface area contributed by atoms with Gasteiger partial charge in [0.15, 0.2) is 17.1 Å². The van der Waals surface area contributed by atoms with Gasteiger partial charge >= 0.3 is 6.18 Å². The first-order chi connectivity index (χ1) is 16.9. The summed E-state index contributed by atoms with van der Waals surface area (Å²) < 4.78 is 46.8. The fourth-order valence-electron chi connectivity index (χ4n) is 3.53. The van der Waals surface area contributed by atoms with Crippen LogP contribution in [-0.4, -0.2) is 26.4 Å². The van der Waals surface area contributed by atoms with E-state index in [4.69, 9.17) is 4.74 Å². The second-order valence-corrected chi connectivity index (χ2v) is 10.2. The average Bonchev–Trinajstić information content (AvgIpc) is 3.19. The number of ether oxygens (including phenoxy) is 1. The van der Waals surface area contributed by atoms with Crippen LogP contribution in [0.2, 0.25) is 0 Å². The lowest BCUT2D eigenvalue weighted by molar-refractivity contribution is -0.137. The number of benzene rings is 2. The molecule has 1 N–H and O–H groups in total. The van der Waals surface area contributed by atoms with Crippen molar-refractivity contribution in [2.75, 3.05) is 11.1 Å². The van der Waals surface area contributed by atoms with Gasteiger partial charge in [-0.2, -0.15) is 13.2 Å². The minimum absolute atomic E-state index is 0.0294. The van der Waals surface area contributed by atoms with E-state index in [0.717, 1.165) is 17.9 Å². The monoisotopic (exact) mass is 520 g/mol. The van der Waals surface area contributed by atoms with Crippen molar-refractivity contribution in [3.63, 3.8) is 0 Å². The van der Waals surface area contributed by atoms with E-state index >= 15 is 0 Å². The normalized spacial score (nSPS) is 12.7. The molecule has 0 aliphatic heterocycles. The molecule has 36 heavy (non-hydrogen) atoms. The van der Waals surface area contributed by atoms with Gasteiger partial charge in [0.05, 0.1) is 11.3 Å². The minimum Gasteiger partial charge on any atom is -0.483 e. The number of hydrogen-bond donors (Lipinski definition) is 1. The first kappa shape index (κ1) is 27.6. The molecule has 1 aromatic heterocycles. The first-order valence-corrected chi connectivity index (χ1v) is 12.7. The van der Waals surface area contributed by atoms with E-state index in [1.807, 2.05) is 35.8 Å². The molecule has 194 valence electrons. The third-order valence-corrected chi connectivity index (χ3v) is 6.29. The van der Waals surface area contributed by atoms with Crippen molar-refractivity contribution >= 4 is 23.4 Å². The molecule has 0 saturated heterocycles. The van der Waals surface area contributed by atoms with Crippen LogP contribution < -0.4 is 10.1 Å². The van der Waals surface area contributed by atoms with Gasteiger partial charge in [-0.25, -0.2) is 0 Å². The van der Waals surface area contributed by atoms with E-state index in [-0.39, 0.29) is 23.5 Å². The molecule has 3 aromatic rings. The van der Waals surface area contributed by atoms with Crippen LogP contribution >= 0.6 is 11.8 Å². The van der Waals surface area contributed by atoms with E-state index in [9.17, 15) is 18.0 Å². The number of hydrogen-bond acceptors (Lipinski definition) is 5. The third-order valence-electron chi connectivity index (χ3n) is 5.32. The number of alkyl halides is 3. The second-order valence-electron chi connectivity index (χ2n) is 9.24. The van der Waals surface area contributed by atoms with E-state index in [1.54, 1.807) is 0 Å². The summed E-state index contributed by atoms with van der Waals surface area (Å²) in [6.07, 6.45) is -4.86. The highest BCUT2D eigenvalue weighted by molar-refractivity contribution is 7.99. The van der Waals surface area contributed by atoms with E-state index in [1.165, 1.54) is 29.5 Å². The van der Waals surface area contributed by atoms with Crippen LogP contribution in [0.3, 0.4) is 0 Å². The number of nitrogens with one attached hydrogen (secondary N) is 1. The first-order valence-electron chi connectivity index (χ1n) is 11.7. The number of thioether (sulfide) groups is 1. The quantitative estimate of drug-likeness (QED) is 0.293. The zero-order valence-electron chi connectivity index (χ0n) is 21.0. The summed E-state index contributed by atoms with van der Waals surface area (Å²) in [5.41, 5.74) is 0.493. The summed E-state index contributed by atoms with van der Waals surface area (Å²) in [6.45, 7) is 10.9. The molecule has 2 aromatic carbocycles. The molecule has 6 nitrogen and oxygen atoms in total. The van der Waals surface area contributed by atoms with E-state index in [2.05, 4.69) is 43.2 Å². The highest BCUT2D eigenvalue weighted by atomic mass is 32.2. The fourth-order valence-corrected chi connectivity index (χ4v) is 4.29. The van der Waals surface area contributed by atoms with Crippen LogP contribution in [0.5, 0.6) is 5.75 Å². The Balaban J connectivity index is 1.68. The zero-order chi connectivity index (χ0) is 26.5. The highest BCUT2D eigenvalue weighted by Gasteiger charge is 2.30. The maximum Gasteiger partial charge on any atom is 0.416 e. The summed E-state index contributed by atoms with van der Waals surface area (Å²) in [5.74, 6) is 1.61. The van der Waals surface area contributed by atoms with Crippen LogP contribution in [0.4, 0.5) is 18.9 Å². The van der Waals surface area contributed by atoms with Gasteiger partial charge in [-0.1, -0.05) is 57.7 Å². The molecule has 0 fully saturated rings. The lowest BCUT2D eigenvalue weighted by atomic mass is 10.0. The lowest BCUT2D eigenvalue weighted by Crippen LogP contribution is -2.17. The van der Waals surface area contributed by atoms with Gasteiger partial charge in [0, 0.05) is 12.2 Å². The van der Waals surface area contributed by atoms with E-state index in [0.29, 0.717) is 23.4 Å². The summed E-state index contributed by atoms with van der Waals surface area (Å²) in [4.78, 5) is 12.4. The van der Waals surface area contributed by atoms with Crippen molar-refractivity contribution in [1.29, 1.82) is 0 Å². The Bertz CT molecular complexity index is 1160. The Morgan fingerprint density at radius 1 is 1.06 bits per heavy atom. The minimum atomic E-state index is -4.48. The molecule has 0 radical (unpaired) electrons. The Hall–Kier alpha value is -3.01. The predicted octanol–water partition coefficient (Wildman–Crippen LogP) is 6.95. The van der Waals surface area contributed by atoms with E-state index < -0.39 is 17.6 Å². The standard InChI is InChI=1S/C26H31F3N4O2S/c1-16(2)14-33-24(18(5)35-22-11-9-19(10-12-22)17(3)4)31-32-25(33)36-15-23(34)30-21-8-6-7-20(13-21)26(27,28)29/h6-13,16-18H,14-15H2,1-5H3,(H,30,34). The third kappa shape index (κ3) is 7.49. The average molecular weight is 521 g/mol. The Labute approximate surface area is 213 Å². The van der Waals surface area contributed by atoms with Crippen molar-refractivity contribution in [2.24, 2.45) is 5.92 Å². The van der Waals surface area contributed by atoms with Gasteiger partial charge < -0.3 is 14.6 Å².